The average Bonchev–Trinajstić information content (AvgIpc) is 3.60. The van der Waals surface area contributed by atoms with Crippen LogP contribution in [0.5, 0.6) is 0 Å². The van der Waals surface area contributed by atoms with Crippen molar-refractivity contribution in [1.29, 1.82) is 5.41 Å². The van der Waals surface area contributed by atoms with Gasteiger partial charge in [-0.3, -0.25) is 4.90 Å². The molecule has 1 aromatic carbocycles. The summed E-state index contributed by atoms with van der Waals surface area (Å²) < 4.78 is 43.0. The van der Waals surface area contributed by atoms with Gasteiger partial charge in [0.15, 0.2) is 4.90 Å². The number of hydrogen-bond donors (Lipinski definition) is 3. The lowest BCUT2D eigenvalue weighted by atomic mass is 9.68. The number of likely N-dealkylation sites (tertiary alicyclic amines) is 1. The van der Waals surface area contributed by atoms with E-state index in [1.54, 1.807) is 18.3 Å². The number of alkyl halides is 1. The quantitative estimate of drug-likeness (QED) is 0.321. The summed E-state index contributed by atoms with van der Waals surface area (Å²) in [6, 6.07) is 9.83. The first-order valence-corrected chi connectivity index (χ1v) is 15.3. The third-order valence-corrected chi connectivity index (χ3v) is 10.1. The van der Waals surface area contributed by atoms with E-state index in [9.17, 15) is 18.4 Å². The van der Waals surface area contributed by atoms with Crippen molar-refractivity contribution in [2.75, 3.05) is 56.0 Å². The lowest BCUT2D eigenvalue weighted by Crippen LogP contribution is -2.53. The van der Waals surface area contributed by atoms with Gasteiger partial charge in [0.1, 0.15) is 17.8 Å². The summed E-state index contributed by atoms with van der Waals surface area (Å²) in [5, 5.41) is 21.8. The first-order valence-electron chi connectivity index (χ1n) is 14.2. The Morgan fingerprint density at radius 1 is 1.15 bits per heavy atom. The maximum atomic E-state index is 13.8. The van der Waals surface area contributed by atoms with E-state index >= 15 is 0 Å². The second kappa shape index (κ2) is 11.8. The van der Waals surface area contributed by atoms with E-state index in [2.05, 4.69) is 21.3 Å². The summed E-state index contributed by atoms with van der Waals surface area (Å²) in [6.07, 6.45) is 6.47. The fraction of sp³-hybridized carbons (Fsp3) is 0.467. The van der Waals surface area contributed by atoms with Gasteiger partial charge < -0.3 is 25.3 Å². The number of aliphatic hydroxyl groups is 1. The molecule has 4 aliphatic rings. The molecule has 0 amide bonds. The molecule has 4 atom stereocenters. The Kier molecular flexibility index (Phi) is 8.15. The van der Waals surface area contributed by atoms with Crippen molar-refractivity contribution in [1.82, 2.24) is 14.2 Å². The molecule has 6 rings (SSSR count). The van der Waals surface area contributed by atoms with Crippen molar-refractivity contribution in [2.24, 2.45) is 5.41 Å². The molecule has 218 valence electrons. The molecule has 4 heterocycles. The van der Waals surface area contributed by atoms with E-state index in [1.165, 1.54) is 23.9 Å². The van der Waals surface area contributed by atoms with E-state index in [0.717, 1.165) is 29.9 Å². The zero-order chi connectivity index (χ0) is 28.6. The Hall–Kier alpha value is -2.83. The normalized spacial score (nSPS) is 28.0. The number of piperidine rings is 1. The van der Waals surface area contributed by atoms with Crippen LogP contribution in [0.4, 0.5) is 20.3 Å². The van der Waals surface area contributed by atoms with Crippen molar-refractivity contribution in [3.8, 4) is 0 Å². The van der Waals surface area contributed by atoms with E-state index in [-0.39, 0.29) is 17.3 Å². The van der Waals surface area contributed by atoms with Crippen LogP contribution in [-0.2, 0) is 11.4 Å². The zero-order valence-electron chi connectivity index (χ0n) is 22.9. The number of pyridine rings is 1. The molecule has 3 N–H and O–H groups in total. The Balaban J connectivity index is 1.24. The molecule has 3 aliphatic heterocycles. The number of aromatic nitrogens is 1. The molecule has 0 saturated carbocycles. The molecular weight excluding hydrogens is 546 g/mol. The molecule has 3 saturated heterocycles. The van der Waals surface area contributed by atoms with Crippen molar-refractivity contribution in [2.45, 2.75) is 42.9 Å². The minimum atomic E-state index is -1.43. The highest BCUT2D eigenvalue weighted by atomic mass is 32.2. The molecule has 0 spiro atoms. The van der Waals surface area contributed by atoms with Crippen molar-refractivity contribution < 1.29 is 18.4 Å². The fourth-order valence-electron chi connectivity index (χ4n) is 6.55. The lowest BCUT2D eigenvalue weighted by molar-refractivity contribution is 0.126. The number of halogens is 2. The molecule has 1 aromatic heterocycles. The van der Waals surface area contributed by atoms with Crippen LogP contribution in [0.15, 0.2) is 70.4 Å². The number of fused-ring (bicyclic) bond motifs is 1. The van der Waals surface area contributed by atoms with Crippen LogP contribution >= 0.6 is 0 Å². The van der Waals surface area contributed by atoms with Gasteiger partial charge in [0.05, 0.1) is 36.8 Å². The van der Waals surface area contributed by atoms with Crippen LogP contribution in [-0.4, -0.2) is 88.2 Å². The molecule has 2 aromatic rings. The molecule has 0 radical (unpaired) electrons. The summed E-state index contributed by atoms with van der Waals surface area (Å²) >= 11 is -1.43. The molecule has 1 unspecified atom stereocenters. The van der Waals surface area contributed by atoms with Crippen LogP contribution in [0.25, 0.3) is 0 Å². The van der Waals surface area contributed by atoms with E-state index < -0.39 is 17.5 Å². The van der Waals surface area contributed by atoms with E-state index in [4.69, 9.17) is 5.41 Å². The van der Waals surface area contributed by atoms with Gasteiger partial charge in [-0.05, 0) is 67.7 Å². The maximum absolute atomic E-state index is 13.8. The predicted molar refractivity (Wildman–Crippen MR) is 157 cm³/mol. The minimum Gasteiger partial charge on any atom is -0.593 e. The van der Waals surface area contributed by atoms with Gasteiger partial charge in [0, 0.05) is 61.8 Å². The monoisotopic (exact) mass is 582 g/mol. The van der Waals surface area contributed by atoms with Gasteiger partial charge in [0.2, 0.25) is 0 Å². The van der Waals surface area contributed by atoms with Crippen LogP contribution in [0.1, 0.15) is 25.7 Å². The number of allylic oxidation sites excluding steroid dienone is 2. The third kappa shape index (κ3) is 6.05. The maximum Gasteiger partial charge on any atom is 0.192 e. The molecular formula is C30H36F2N6O2S. The Bertz CT molecular complexity index is 1320. The molecule has 3 fully saturated rings. The van der Waals surface area contributed by atoms with Crippen LogP contribution < -0.4 is 10.2 Å². The number of nitrogens with zero attached hydrogens (tertiary/aromatic N) is 4. The standard InChI is InChI=1S/C30H36F2N6O2S/c31-23-1-3-25(4-2-23)35-28-13-22-7-12-38(20-30(22,14-21(28)15-33)19-36-10-9-26(39)18-36)41(40)27-5-6-29(34-16-27)37-11-8-24(32)17-37/h1-6,13,15-16,24,26,33,35,39H,7-12,14,17-20H2/t24-,26+,30+,41?/m1/s1. The highest BCUT2D eigenvalue weighted by Crippen LogP contribution is 2.47. The summed E-state index contributed by atoms with van der Waals surface area (Å²) in [6.45, 7) is 4.20. The Morgan fingerprint density at radius 3 is 2.63 bits per heavy atom. The van der Waals surface area contributed by atoms with Gasteiger partial charge in [-0.15, -0.1) is 4.31 Å². The smallest absolute Gasteiger partial charge is 0.192 e. The van der Waals surface area contributed by atoms with Gasteiger partial charge in [0.25, 0.3) is 0 Å². The zero-order valence-corrected chi connectivity index (χ0v) is 23.8. The van der Waals surface area contributed by atoms with Gasteiger partial charge >= 0.3 is 0 Å². The van der Waals surface area contributed by atoms with Crippen molar-refractivity contribution in [3.63, 3.8) is 0 Å². The number of hydrogen-bond acceptors (Lipinski definition) is 8. The number of β-amino-alcohol motifs (C(OH)–C–C–N with tert-alkyl or cyclic N) is 1. The number of aliphatic hydroxyl groups excluding tert-OH is 1. The van der Waals surface area contributed by atoms with Gasteiger partial charge in [-0.1, -0.05) is 5.57 Å². The summed E-state index contributed by atoms with van der Waals surface area (Å²) in [5.41, 5.74) is 3.25. The average molecular weight is 583 g/mol. The number of anilines is 2. The summed E-state index contributed by atoms with van der Waals surface area (Å²) in [7, 11) is 0. The number of rotatable bonds is 8. The third-order valence-electron chi connectivity index (χ3n) is 8.67. The van der Waals surface area contributed by atoms with Gasteiger partial charge in [-0.2, -0.15) is 0 Å². The lowest BCUT2D eigenvalue weighted by Gasteiger charge is -2.48. The van der Waals surface area contributed by atoms with Crippen molar-refractivity contribution >= 4 is 29.1 Å². The van der Waals surface area contributed by atoms with Crippen LogP contribution in [0, 0.1) is 16.6 Å². The van der Waals surface area contributed by atoms with E-state index in [0.29, 0.717) is 69.2 Å². The summed E-state index contributed by atoms with van der Waals surface area (Å²) in [4.78, 5) is 9.31. The first-order chi connectivity index (χ1) is 19.8. The molecule has 41 heavy (non-hydrogen) atoms. The number of benzene rings is 1. The Morgan fingerprint density at radius 2 is 1.98 bits per heavy atom. The molecule has 0 bridgehead atoms. The summed E-state index contributed by atoms with van der Waals surface area (Å²) in [5.74, 6) is 0.397. The van der Waals surface area contributed by atoms with E-state index in [1.807, 2.05) is 21.3 Å². The van der Waals surface area contributed by atoms with Crippen molar-refractivity contribution in [3.05, 3.63) is 71.3 Å². The highest BCUT2D eigenvalue weighted by molar-refractivity contribution is 7.89. The molecule has 11 heteroatoms. The highest BCUT2D eigenvalue weighted by Gasteiger charge is 2.47. The van der Waals surface area contributed by atoms with Crippen LogP contribution in [0.2, 0.25) is 0 Å². The second-order valence-electron chi connectivity index (χ2n) is 11.6. The largest absolute Gasteiger partial charge is 0.593 e. The first kappa shape index (κ1) is 28.3. The second-order valence-corrected chi connectivity index (χ2v) is 13.1. The fourth-order valence-corrected chi connectivity index (χ4v) is 7.80. The predicted octanol–water partition coefficient (Wildman–Crippen LogP) is 3.90. The number of nitrogens with one attached hydrogen (secondary N) is 2. The topological polar surface area (TPSA) is 102 Å². The molecule has 8 nitrogen and oxygen atoms in total. The SMILES string of the molecule is N=CC1=C(Nc2ccc(F)cc2)C=C2CCN([S+]([O-])c3ccc(N4CC[C@@H](F)C4)nc3)C[C@@]2(CN2CC[C@H](O)C2)C1. The Labute approximate surface area is 242 Å². The minimum absolute atomic E-state index is 0.305. The van der Waals surface area contributed by atoms with Gasteiger partial charge in [-0.25, -0.2) is 13.8 Å². The molecule has 1 aliphatic carbocycles. The van der Waals surface area contributed by atoms with Crippen LogP contribution in [0.3, 0.4) is 0 Å².